The molecule has 0 bridgehead atoms. The van der Waals surface area contributed by atoms with Crippen LogP contribution in [-0.4, -0.2) is 52.5 Å². The van der Waals surface area contributed by atoms with Crippen molar-refractivity contribution in [3.63, 3.8) is 0 Å². The van der Waals surface area contributed by atoms with E-state index >= 15 is 0 Å². The zero-order valence-electron chi connectivity index (χ0n) is 14.4. The van der Waals surface area contributed by atoms with Gasteiger partial charge < -0.3 is 15.2 Å². The zero-order chi connectivity index (χ0) is 16.9. The lowest BCUT2D eigenvalue weighted by Crippen LogP contribution is -2.35. The summed E-state index contributed by atoms with van der Waals surface area (Å²) >= 11 is 1.52. The molecule has 0 radical (unpaired) electrons. The predicted octanol–water partition coefficient (Wildman–Crippen LogP) is 3.21. The number of aromatic hydroxyl groups is 1. The smallest absolute Gasteiger partial charge is 0.189 e. The third kappa shape index (κ3) is 5.47. The molecule has 25 heavy (non-hydrogen) atoms. The first kappa shape index (κ1) is 19.8. The van der Waals surface area contributed by atoms with E-state index < -0.39 is 0 Å². The molecule has 0 atom stereocenters. The molecule has 0 unspecified atom stereocenters. The van der Waals surface area contributed by atoms with Gasteiger partial charge in [0, 0.05) is 42.6 Å². The highest BCUT2D eigenvalue weighted by molar-refractivity contribution is 7.98. The Labute approximate surface area is 158 Å². The molecular weight excluding hydrogens is 360 g/mol. The minimum atomic E-state index is 0. The molecule has 1 aliphatic rings. The predicted molar refractivity (Wildman–Crippen MR) is 103 cm³/mol. The molecule has 1 aromatic heterocycles. The fraction of sp³-hybridized carbons (Fsp3) is 0.412. The number of nitrogens with one attached hydrogen (secondary N) is 1. The third-order valence-electron chi connectivity index (χ3n) is 3.87. The van der Waals surface area contributed by atoms with Crippen molar-refractivity contribution in [3.8, 4) is 5.75 Å². The minimum absolute atomic E-state index is 0. The van der Waals surface area contributed by atoms with Gasteiger partial charge in [0.15, 0.2) is 5.16 Å². The maximum Gasteiger partial charge on any atom is 0.189 e. The Kier molecular flexibility index (Phi) is 7.31. The molecule has 1 aliphatic heterocycles. The van der Waals surface area contributed by atoms with Crippen molar-refractivity contribution in [2.24, 2.45) is 0 Å². The van der Waals surface area contributed by atoms with E-state index in [1.807, 2.05) is 31.4 Å². The maximum absolute atomic E-state index is 10.1. The van der Waals surface area contributed by atoms with E-state index in [4.69, 9.17) is 4.74 Å². The number of rotatable bonds is 5. The molecule has 3 rings (SSSR count). The summed E-state index contributed by atoms with van der Waals surface area (Å²) in [5.74, 6) is 1.07. The average molecular weight is 383 g/mol. The normalized spacial score (nSPS) is 14.8. The third-order valence-corrected chi connectivity index (χ3v) is 4.41. The number of halogens is 1. The Morgan fingerprint density at radius 3 is 2.72 bits per heavy atom. The van der Waals surface area contributed by atoms with E-state index in [9.17, 15) is 5.11 Å². The number of hydrogen-bond acceptors (Lipinski definition) is 7. The van der Waals surface area contributed by atoms with Crippen LogP contribution in [0.3, 0.4) is 0 Å². The highest BCUT2D eigenvalue weighted by Crippen LogP contribution is 2.26. The summed E-state index contributed by atoms with van der Waals surface area (Å²) in [4.78, 5) is 11.1. The molecule has 1 saturated heterocycles. The van der Waals surface area contributed by atoms with Gasteiger partial charge in [-0.2, -0.15) is 0 Å². The molecule has 1 fully saturated rings. The zero-order valence-corrected chi connectivity index (χ0v) is 16.0. The molecule has 0 aliphatic carbocycles. The van der Waals surface area contributed by atoms with E-state index in [0.717, 1.165) is 54.2 Å². The number of phenols is 1. The summed E-state index contributed by atoms with van der Waals surface area (Å²) in [5.41, 5.74) is 2.73. The largest absolute Gasteiger partial charge is 0.508 e. The number of nitrogens with zero attached hydrogens (tertiary/aromatic N) is 3. The Hall–Kier alpha value is -1.54. The van der Waals surface area contributed by atoms with Crippen LogP contribution in [0, 0.1) is 6.92 Å². The number of aryl methyl sites for hydroxylation is 1. The van der Waals surface area contributed by atoms with Crippen molar-refractivity contribution in [2.45, 2.75) is 18.6 Å². The standard InChI is InChI=1S/C17H22N4O2S.ClH/c1-12-9-16(20-17(18-12)24-2)19-14-3-4-15(22)13(10-14)11-21-5-7-23-8-6-21;/h3-4,9-10,22H,5-8,11H2,1-2H3,(H,18,19,20);1H. The molecule has 0 amide bonds. The van der Waals surface area contributed by atoms with Gasteiger partial charge in [-0.05, 0) is 31.4 Å². The van der Waals surface area contributed by atoms with Gasteiger partial charge in [-0.1, -0.05) is 11.8 Å². The van der Waals surface area contributed by atoms with Crippen LogP contribution in [0.1, 0.15) is 11.3 Å². The molecule has 2 aromatic rings. The Morgan fingerprint density at radius 2 is 2.00 bits per heavy atom. The van der Waals surface area contributed by atoms with Crippen LogP contribution < -0.4 is 5.32 Å². The number of ether oxygens (including phenoxy) is 1. The first-order valence-electron chi connectivity index (χ1n) is 7.93. The lowest BCUT2D eigenvalue weighted by atomic mass is 10.1. The number of benzene rings is 1. The van der Waals surface area contributed by atoms with Gasteiger partial charge in [-0.25, -0.2) is 9.97 Å². The Balaban J connectivity index is 0.00000225. The van der Waals surface area contributed by atoms with Crippen molar-refractivity contribution in [3.05, 3.63) is 35.5 Å². The highest BCUT2D eigenvalue weighted by atomic mass is 35.5. The number of hydrogen-bond donors (Lipinski definition) is 2. The molecule has 0 spiro atoms. The fourth-order valence-electron chi connectivity index (χ4n) is 2.63. The summed E-state index contributed by atoms with van der Waals surface area (Å²) in [6.07, 6.45) is 1.96. The van der Waals surface area contributed by atoms with Gasteiger partial charge in [0.1, 0.15) is 11.6 Å². The van der Waals surface area contributed by atoms with Crippen LogP contribution in [0.15, 0.2) is 29.4 Å². The van der Waals surface area contributed by atoms with Gasteiger partial charge in [0.25, 0.3) is 0 Å². The van der Waals surface area contributed by atoms with E-state index in [1.54, 1.807) is 6.07 Å². The van der Waals surface area contributed by atoms with Crippen LogP contribution in [0.4, 0.5) is 11.5 Å². The first-order chi connectivity index (χ1) is 11.6. The van der Waals surface area contributed by atoms with Crippen LogP contribution >= 0.6 is 24.2 Å². The molecule has 136 valence electrons. The molecule has 1 aromatic carbocycles. The molecule has 2 heterocycles. The van der Waals surface area contributed by atoms with Crippen LogP contribution in [0.5, 0.6) is 5.75 Å². The quantitative estimate of drug-likeness (QED) is 0.467. The average Bonchev–Trinajstić information content (AvgIpc) is 2.58. The molecular formula is C17H23ClN4O2S. The highest BCUT2D eigenvalue weighted by Gasteiger charge is 2.13. The van der Waals surface area contributed by atoms with Gasteiger partial charge in [0.2, 0.25) is 0 Å². The molecule has 0 saturated carbocycles. The van der Waals surface area contributed by atoms with Crippen molar-refractivity contribution in [1.29, 1.82) is 0 Å². The number of aromatic nitrogens is 2. The number of anilines is 2. The maximum atomic E-state index is 10.1. The van der Waals surface area contributed by atoms with Crippen LogP contribution in [0.2, 0.25) is 0 Å². The Bertz CT molecular complexity index is 711. The number of thioether (sulfide) groups is 1. The molecule has 8 heteroatoms. The van der Waals surface area contributed by atoms with Gasteiger partial charge in [-0.15, -0.1) is 12.4 Å². The van der Waals surface area contributed by atoms with Gasteiger partial charge in [-0.3, -0.25) is 4.90 Å². The monoisotopic (exact) mass is 382 g/mol. The second-order valence-electron chi connectivity index (χ2n) is 5.74. The van der Waals surface area contributed by atoms with E-state index in [1.165, 1.54) is 11.8 Å². The van der Waals surface area contributed by atoms with Crippen molar-refractivity contribution >= 4 is 35.7 Å². The van der Waals surface area contributed by atoms with E-state index in [2.05, 4.69) is 20.2 Å². The van der Waals surface area contributed by atoms with E-state index in [0.29, 0.717) is 12.3 Å². The van der Waals surface area contributed by atoms with Gasteiger partial charge >= 0.3 is 0 Å². The fourth-order valence-corrected chi connectivity index (χ4v) is 3.06. The van der Waals surface area contributed by atoms with Crippen molar-refractivity contribution in [1.82, 2.24) is 14.9 Å². The SMILES string of the molecule is CSc1nc(C)cc(Nc2ccc(O)c(CN3CCOCC3)c2)n1.Cl. The lowest BCUT2D eigenvalue weighted by molar-refractivity contribution is 0.0339. The van der Waals surface area contributed by atoms with Crippen LogP contribution in [0.25, 0.3) is 0 Å². The number of phenolic OH excluding ortho intramolecular Hbond substituents is 1. The second-order valence-corrected chi connectivity index (χ2v) is 6.51. The van der Waals surface area contributed by atoms with Gasteiger partial charge in [0.05, 0.1) is 13.2 Å². The Morgan fingerprint density at radius 1 is 1.24 bits per heavy atom. The summed E-state index contributed by atoms with van der Waals surface area (Å²) in [6, 6.07) is 7.46. The minimum Gasteiger partial charge on any atom is -0.508 e. The number of morpholine rings is 1. The van der Waals surface area contributed by atoms with Crippen molar-refractivity contribution in [2.75, 3.05) is 37.9 Å². The first-order valence-corrected chi connectivity index (χ1v) is 9.15. The lowest BCUT2D eigenvalue weighted by Gasteiger charge is -2.27. The van der Waals surface area contributed by atoms with E-state index in [-0.39, 0.29) is 12.4 Å². The summed E-state index contributed by atoms with van der Waals surface area (Å²) in [5, 5.41) is 14.2. The topological polar surface area (TPSA) is 70.5 Å². The second kappa shape index (κ2) is 9.24. The van der Waals surface area contributed by atoms with Crippen molar-refractivity contribution < 1.29 is 9.84 Å². The summed E-state index contributed by atoms with van der Waals surface area (Å²) < 4.78 is 5.37. The summed E-state index contributed by atoms with van der Waals surface area (Å²) in [6.45, 7) is 5.93. The molecule has 6 nitrogen and oxygen atoms in total. The molecule has 2 N–H and O–H groups in total. The summed E-state index contributed by atoms with van der Waals surface area (Å²) in [7, 11) is 0. The van der Waals surface area contributed by atoms with Crippen LogP contribution in [-0.2, 0) is 11.3 Å².